The summed E-state index contributed by atoms with van der Waals surface area (Å²) in [5, 5.41) is 9.30. The summed E-state index contributed by atoms with van der Waals surface area (Å²) in [5.41, 5.74) is 1.01. The first-order valence-electron chi connectivity index (χ1n) is 3.70. The van der Waals surface area contributed by atoms with Crippen LogP contribution in [0.15, 0.2) is 12.4 Å². The highest BCUT2D eigenvalue weighted by atomic mass is 16.3. The molecule has 1 rings (SSSR count). The van der Waals surface area contributed by atoms with Crippen molar-refractivity contribution in [1.82, 2.24) is 9.97 Å². The van der Waals surface area contributed by atoms with Gasteiger partial charge < -0.3 is 5.11 Å². The van der Waals surface area contributed by atoms with Gasteiger partial charge in [0.05, 0.1) is 0 Å². The summed E-state index contributed by atoms with van der Waals surface area (Å²) >= 11 is 0. The lowest BCUT2D eigenvalue weighted by Gasteiger charge is -2.04. The quantitative estimate of drug-likeness (QED) is 0.693. The fourth-order valence-electron chi connectivity index (χ4n) is 0.757. The topological polar surface area (TPSA) is 46.0 Å². The molecule has 0 spiro atoms. The normalized spacial score (nSPS) is 13.0. The molecule has 60 valence electrons. The van der Waals surface area contributed by atoms with E-state index in [4.69, 9.17) is 0 Å². The van der Waals surface area contributed by atoms with Crippen molar-refractivity contribution in [2.24, 2.45) is 0 Å². The Kier molecular flexibility index (Phi) is 2.54. The van der Waals surface area contributed by atoms with Gasteiger partial charge in [0.15, 0.2) is 5.82 Å². The number of aliphatic hydroxyl groups excluding tert-OH is 1. The smallest absolute Gasteiger partial charge is 0.156 e. The summed E-state index contributed by atoms with van der Waals surface area (Å²) in [6, 6.07) is 0. The molecule has 0 saturated carbocycles. The highest BCUT2D eigenvalue weighted by Crippen LogP contribution is 2.09. The average molecular weight is 152 g/mol. The van der Waals surface area contributed by atoms with Gasteiger partial charge in [0.1, 0.15) is 6.10 Å². The molecule has 0 aromatic carbocycles. The Morgan fingerprint density at radius 1 is 1.45 bits per heavy atom. The molecule has 3 heteroatoms. The van der Waals surface area contributed by atoms with Crippen LogP contribution in [-0.4, -0.2) is 15.1 Å². The summed E-state index contributed by atoms with van der Waals surface area (Å²) in [6.07, 6.45) is 3.56. The van der Waals surface area contributed by atoms with Crippen LogP contribution in [0.1, 0.15) is 30.8 Å². The van der Waals surface area contributed by atoms with Crippen LogP contribution in [0.2, 0.25) is 0 Å². The first-order valence-corrected chi connectivity index (χ1v) is 3.70. The van der Waals surface area contributed by atoms with E-state index in [1.807, 2.05) is 13.8 Å². The zero-order chi connectivity index (χ0) is 8.27. The molecule has 0 aliphatic rings. The predicted octanol–water partition coefficient (Wildman–Crippen LogP) is 1.23. The van der Waals surface area contributed by atoms with Gasteiger partial charge in [-0.05, 0) is 18.9 Å². The number of aryl methyl sites for hydroxylation is 1. The largest absolute Gasteiger partial charge is 0.385 e. The van der Waals surface area contributed by atoms with Crippen molar-refractivity contribution < 1.29 is 5.11 Å². The summed E-state index contributed by atoms with van der Waals surface area (Å²) in [5.74, 6) is 0.512. The third kappa shape index (κ3) is 1.98. The van der Waals surface area contributed by atoms with E-state index in [9.17, 15) is 5.11 Å². The van der Waals surface area contributed by atoms with Crippen molar-refractivity contribution in [3.05, 3.63) is 23.8 Å². The van der Waals surface area contributed by atoms with E-state index in [0.717, 1.165) is 5.56 Å². The van der Waals surface area contributed by atoms with Crippen LogP contribution in [0.3, 0.4) is 0 Å². The first kappa shape index (κ1) is 8.14. The van der Waals surface area contributed by atoms with Crippen LogP contribution in [0.4, 0.5) is 0 Å². The second-order valence-electron chi connectivity index (χ2n) is 2.54. The number of hydrogen-bond acceptors (Lipinski definition) is 3. The molecule has 1 aromatic rings. The van der Waals surface area contributed by atoms with E-state index >= 15 is 0 Å². The fraction of sp³-hybridized carbons (Fsp3) is 0.500. The van der Waals surface area contributed by atoms with E-state index < -0.39 is 6.10 Å². The Morgan fingerprint density at radius 3 is 2.45 bits per heavy atom. The van der Waals surface area contributed by atoms with E-state index in [0.29, 0.717) is 12.2 Å². The van der Waals surface area contributed by atoms with Crippen LogP contribution in [0.25, 0.3) is 0 Å². The minimum atomic E-state index is -0.518. The molecule has 3 nitrogen and oxygen atoms in total. The lowest BCUT2D eigenvalue weighted by Crippen LogP contribution is -2.01. The Bertz CT molecular complexity index is 220. The van der Waals surface area contributed by atoms with E-state index in [2.05, 4.69) is 9.97 Å². The lowest BCUT2D eigenvalue weighted by atomic mass is 10.2. The van der Waals surface area contributed by atoms with Gasteiger partial charge in [-0.1, -0.05) is 6.92 Å². The summed E-state index contributed by atoms with van der Waals surface area (Å²) in [6.45, 7) is 3.82. The molecule has 0 radical (unpaired) electrons. The SMILES string of the molecule is CC[C@H](O)c1ncc(C)cn1. The Labute approximate surface area is 66.1 Å². The predicted molar refractivity (Wildman–Crippen MR) is 42.0 cm³/mol. The molecule has 0 unspecified atom stereocenters. The maximum absolute atomic E-state index is 9.30. The Morgan fingerprint density at radius 2 is 2.00 bits per heavy atom. The van der Waals surface area contributed by atoms with Crippen molar-refractivity contribution in [1.29, 1.82) is 0 Å². The highest BCUT2D eigenvalue weighted by molar-refractivity contribution is 5.03. The van der Waals surface area contributed by atoms with Crippen molar-refractivity contribution in [2.75, 3.05) is 0 Å². The standard InChI is InChI=1S/C8H12N2O/c1-3-7(11)8-9-4-6(2)5-10-8/h4-5,7,11H,3H2,1-2H3/t7-/m0/s1. The van der Waals surface area contributed by atoms with Gasteiger partial charge in [-0.25, -0.2) is 9.97 Å². The van der Waals surface area contributed by atoms with Gasteiger partial charge in [0, 0.05) is 12.4 Å². The maximum atomic E-state index is 9.30. The van der Waals surface area contributed by atoms with Gasteiger partial charge in [-0.15, -0.1) is 0 Å². The van der Waals surface area contributed by atoms with Crippen LogP contribution < -0.4 is 0 Å². The molecule has 0 saturated heterocycles. The lowest BCUT2D eigenvalue weighted by molar-refractivity contribution is 0.163. The molecule has 0 bridgehead atoms. The summed E-state index contributed by atoms with van der Waals surface area (Å²) in [7, 11) is 0. The summed E-state index contributed by atoms with van der Waals surface area (Å²) in [4.78, 5) is 7.98. The molecule has 0 aliphatic heterocycles. The maximum Gasteiger partial charge on any atom is 0.156 e. The first-order chi connectivity index (χ1) is 5.24. The molecule has 0 amide bonds. The van der Waals surface area contributed by atoms with Gasteiger partial charge in [0.25, 0.3) is 0 Å². The van der Waals surface area contributed by atoms with E-state index in [1.165, 1.54) is 0 Å². The number of aliphatic hydroxyl groups is 1. The van der Waals surface area contributed by atoms with Gasteiger partial charge in [0.2, 0.25) is 0 Å². The molecule has 0 fully saturated rings. The average Bonchev–Trinajstić information content (AvgIpc) is 2.05. The van der Waals surface area contributed by atoms with Gasteiger partial charge in [-0.3, -0.25) is 0 Å². The van der Waals surface area contributed by atoms with Crippen molar-refractivity contribution in [2.45, 2.75) is 26.4 Å². The molecular weight excluding hydrogens is 140 g/mol. The molecule has 1 atom stereocenters. The van der Waals surface area contributed by atoms with Gasteiger partial charge in [-0.2, -0.15) is 0 Å². The van der Waals surface area contributed by atoms with Crippen LogP contribution in [0.5, 0.6) is 0 Å². The van der Waals surface area contributed by atoms with E-state index in [-0.39, 0.29) is 0 Å². The van der Waals surface area contributed by atoms with Crippen molar-refractivity contribution >= 4 is 0 Å². The molecule has 1 aromatic heterocycles. The zero-order valence-corrected chi connectivity index (χ0v) is 6.78. The number of aromatic nitrogens is 2. The van der Waals surface area contributed by atoms with Crippen molar-refractivity contribution in [3.63, 3.8) is 0 Å². The van der Waals surface area contributed by atoms with Crippen LogP contribution >= 0.6 is 0 Å². The van der Waals surface area contributed by atoms with E-state index in [1.54, 1.807) is 12.4 Å². The highest BCUT2D eigenvalue weighted by Gasteiger charge is 2.05. The minimum Gasteiger partial charge on any atom is -0.385 e. The molecule has 1 N–H and O–H groups in total. The number of hydrogen-bond donors (Lipinski definition) is 1. The number of nitrogens with zero attached hydrogens (tertiary/aromatic N) is 2. The fourth-order valence-corrected chi connectivity index (χ4v) is 0.757. The molecule has 0 aliphatic carbocycles. The summed E-state index contributed by atoms with van der Waals surface area (Å²) < 4.78 is 0. The van der Waals surface area contributed by atoms with Crippen LogP contribution in [0, 0.1) is 6.92 Å². The molecular formula is C8H12N2O. The molecule has 11 heavy (non-hydrogen) atoms. The third-order valence-corrected chi connectivity index (χ3v) is 1.49. The second-order valence-corrected chi connectivity index (χ2v) is 2.54. The monoisotopic (exact) mass is 152 g/mol. The Hall–Kier alpha value is -0.960. The van der Waals surface area contributed by atoms with Crippen LogP contribution in [-0.2, 0) is 0 Å². The Balaban J connectivity index is 2.81. The minimum absolute atomic E-state index is 0.512. The number of rotatable bonds is 2. The molecule has 1 heterocycles. The van der Waals surface area contributed by atoms with Gasteiger partial charge >= 0.3 is 0 Å². The zero-order valence-electron chi connectivity index (χ0n) is 6.78. The second kappa shape index (κ2) is 3.44. The third-order valence-electron chi connectivity index (χ3n) is 1.49. The van der Waals surface area contributed by atoms with Crippen molar-refractivity contribution in [3.8, 4) is 0 Å².